The second-order valence-electron chi connectivity index (χ2n) is 7.47. The fourth-order valence-electron chi connectivity index (χ4n) is 4.04. The van der Waals surface area contributed by atoms with Gasteiger partial charge in [0.25, 0.3) is 5.91 Å². The number of ketones is 1. The van der Waals surface area contributed by atoms with Crippen molar-refractivity contribution in [1.29, 1.82) is 0 Å². The maximum atomic E-state index is 13.0. The third-order valence-corrected chi connectivity index (χ3v) is 5.64. The lowest BCUT2D eigenvalue weighted by Crippen LogP contribution is -2.38. The molecule has 0 spiro atoms. The number of rotatable bonds is 5. The molecule has 1 aromatic heterocycles. The van der Waals surface area contributed by atoms with E-state index >= 15 is 0 Å². The van der Waals surface area contributed by atoms with Crippen LogP contribution in [0, 0.1) is 5.92 Å². The van der Waals surface area contributed by atoms with Gasteiger partial charge in [-0.25, -0.2) is 0 Å². The van der Waals surface area contributed by atoms with Gasteiger partial charge in [0.1, 0.15) is 6.61 Å². The van der Waals surface area contributed by atoms with Crippen LogP contribution in [0.2, 0.25) is 0 Å². The van der Waals surface area contributed by atoms with Crippen LogP contribution in [0.1, 0.15) is 39.1 Å². The molecule has 2 N–H and O–H groups in total. The van der Waals surface area contributed by atoms with Gasteiger partial charge >= 0.3 is 0 Å². The molecule has 0 unspecified atom stereocenters. The van der Waals surface area contributed by atoms with Crippen LogP contribution in [-0.2, 0) is 6.42 Å². The van der Waals surface area contributed by atoms with E-state index in [-0.39, 0.29) is 11.7 Å². The molecule has 0 radical (unpaired) electrons. The predicted octanol–water partition coefficient (Wildman–Crippen LogP) is 3.44. The van der Waals surface area contributed by atoms with Crippen LogP contribution in [-0.4, -0.2) is 46.4 Å². The van der Waals surface area contributed by atoms with Gasteiger partial charge in [-0.1, -0.05) is 30.3 Å². The third-order valence-electron chi connectivity index (χ3n) is 5.64. The van der Waals surface area contributed by atoms with Gasteiger partial charge < -0.3 is 15.0 Å². The largest absolute Gasteiger partial charge is 0.388 e. The highest BCUT2D eigenvalue weighted by atomic mass is 16.3. The van der Waals surface area contributed by atoms with Crippen molar-refractivity contribution in [2.45, 2.75) is 19.3 Å². The second-order valence-corrected chi connectivity index (χ2v) is 7.47. The molecular weight excluding hydrogens is 352 g/mol. The number of Topliss-reactive ketones (excluding diaryl/α,β-unsaturated/α-hetero) is 1. The van der Waals surface area contributed by atoms with E-state index in [1.165, 1.54) is 5.56 Å². The Morgan fingerprint density at radius 1 is 1.07 bits per heavy atom. The van der Waals surface area contributed by atoms with Crippen molar-refractivity contribution in [2.75, 3.05) is 19.7 Å². The number of fused-ring (bicyclic) bond motifs is 1. The van der Waals surface area contributed by atoms with Crippen LogP contribution in [0.25, 0.3) is 10.9 Å². The van der Waals surface area contributed by atoms with Crippen LogP contribution in [0.4, 0.5) is 0 Å². The summed E-state index contributed by atoms with van der Waals surface area (Å²) in [5, 5.41) is 9.82. The first kappa shape index (κ1) is 18.4. The Balaban J connectivity index is 1.44. The number of aromatic nitrogens is 1. The molecule has 0 bridgehead atoms. The zero-order valence-electron chi connectivity index (χ0n) is 15.7. The number of amides is 1. The highest BCUT2D eigenvalue weighted by Gasteiger charge is 2.24. The summed E-state index contributed by atoms with van der Waals surface area (Å²) in [6.45, 7) is 0.966. The summed E-state index contributed by atoms with van der Waals surface area (Å²) in [4.78, 5) is 29.8. The number of nitrogens with one attached hydrogen (secondary N) is 1. The molecule has 5 heteroatoms. The fourth-order valence-corrected chi connectivity index (χ4v) is 4.04. The van der Waals surface area contributed by atoms with E-state index in [0.29, 0.717) is 22.4 Å². The Kier molecular flexibility index (Phi) is 5.26. The van der Waals surface area contributed by atoms with Gasteiger partial charge in [-0.3, -0.25) is 9.59 Å². The molecular formula is C23H24N2O3. The summed E-state index contributed by atoms with van der Waals surface area (Å²) in [6, 6.07) is 15.9. The molecule has 1 aliphatic heterocycles. The number of aromatic amines is 1. The van der Waals surface area contributed by atoms with E-state index in [1.54, 1.807) is 18.3 Å². The molecule has 5 nitrogen and oxygen atoms in total. The van der Waals surface area contributed by atoms with Gasteiger partial charge in [0, 0.05) is 41.3 Å². The minimum atomic E-state index is -0.542. The minimum absolute atomic E-state index is 0.00339. The van der Waals surface area contributed by atoms with Crippen LogP contribution in [0.3, 0.4) is 0 Å². The molecule has 0 saturated carbocycles. The highest BCUT2D eigenvalue weighted by molar-refractivity contribution is 6.10. The number of carbonyl (C=O) groups is 2. The van der Waals surface area contributed by atoms with Gasteiger partial charge in [-0.05, 0) is 48.9 Å². The van der Waals surface area contributed by atoms with Crippen molar-refractivity contribution >= 4 is 22.6 Å². The summed E-state index contributed by atoms with van der Waals surface area (Å²) >= 11 is 0. The average Bonchev–Trinajstić information content (AvgIpc) is 3.17. The number of aliphatic hydroxyl groups excluding tert-OH is 1. The Morgan fingerprint density at radius 3 is 2.54 bits per heavy atom. The number of nitrogens with zero attached hydrogens (tertiary/aromatic N) is 1. The van der Waals surface area contributed by atoms with Crippen molar-refractivity contribution < 1.29 is 14.7 Å². The number of likely N-dealkylation sites (tertiary alicyclic amines) is 1. The lowest BCUT2D eigenvalue weighted by molar-refractivity contribution is 0.0690. The molecule has 2 heterocycles. The minimum Gasteiger partial charge on any atom is -0.388 e. The average molecular weight is 376 g/mol. The Bertz CT molecular complexity index is 986. The zero-order chi connectivity index (χ0) is 19.5. The van der Waals surface area contributed by atoms with Crippen LogP contribution >= 0.6 is 0 Å². The maximum absolute atomic E-state index is 13.0. The molecule has 0 aliphatic carbocycles. The van der Waals surface area contributed by atoms with E-state index in [2.05, 4.69) is 29.2 Å². The first-order valence-corrected chi connectivity index (χ1v) is 9.74. The molecule has 4 rings (SSSR count). The zero-order valence-corrected chi connectivity index (χ0v) is 15.7. The van der Waals surface area contributed by atoms with Crippen molar-refractivity contribution in [3.63, 3.8) is 0 Å². The number of H-pyrrole nitrogens is 1. The van der Waals surface area contributed by atoms with E-state index in [0.717, 1.165) is 37.9 Å². The monoisotopic (exact) mass is 376 g/mol. The van der Waals surface area contributed by atoms with Crippen molar-refractivity contribution in [3.05, 3.63) is 71.4 Å². The fraction of sp³-hybridized carbons (Fsp3) is 0.304. The van der Waals surface area contributed by atoms with E-state index in [9.17, 15) is 9.59 Å². The number of aliphatic hydroxyl groups is 1. The van der Waals surface area contributed by atoms with Crippen LogP contribution in [0.15, 0.2) is 54.7 Å². The summed E-state index contributed by atoms with van der Waals surface area (Å²) in [5.74, 6) is 0.258. The van der Waals surface area contributed by atoms with E-state index < -0.39 is 6.61 Å². The van der Waals surface area contributed by atoms with Gasteiger partial charge in [0.2, 0.25) is 0 Å². The quantitative estimate of drug-likeness (QED) is 0.670. The number of hydrogen-bond donors (Lipinski definition) is 2. The Hall–Kier alpha value is -2.92. The molecule has 28 heavy (non-hydrogen) atoms. The molecule has 144 valence electrons. The van der Waals surface area contributed by atoms with Crippen molar-refractivity contribution in [3.8, 4) is 0 Å². The van der Waals surface area contributed by atoms with Gasteiger partial charge in [-0.2, -0.15) is 0 Å². The second kappa shape index (κ2) is 7.98. The Morgan fingerprint density at radius 2 is 1.82 bits per heavy atom. The lowest BCUT2D eigenvalue weighted by atomic mass is 9.90. The first-order chi connectivity index (χ1) is 13.7. The lowest BCUT2D eigenvalue weighted by Gasteiger charge is -2.32. The van der Waals surface area contributed by atoms with Crippen molar-refractivity contribution in [1.82, 2.24) is 9.88 Å². The molecule has 0 atom stereocenters. The van der Waals surface area contributed by atoms with E-state index in [4.69, 9.17) is 5.11 Å². The summed E-state index contributed by atoms with van der Waals surface area (Å²) in [7, 11) is 0. The first-order valence-electron chi connectivity index (χ1n) is 9.74. The summed E-state index contributed by atoms with van der Waals surface area (Å²) in [6.07, 6.45) is 4.65. The van der Waals surface area contributed by atoms with E-state index in [1.807, 2.05) is 17.0 Å². The number of hydrogen-bond acceptors (Lipinski definition) is 3. The maximum Gasteiger partial charge on any atom is 0.253 e. The molecule has 1 fully saturated rings. The summed E-state index contributed by atoms with van der Waals surface area (Å²) < 4.78 is 0. The smallest absolute Gasteiger partial charge is 0.253 e. The molecule has 1 saturated heterocycles. The SMILES string of the molecule is O=C(CO)c1c[nH]c2ccc(C(=O)N3CCC(Cc4ccccc4)CC3)cc12. The standard InChI is InChI=1S/C23H24N2O3/c26-15-22(27)20-14-24-21-7-6-18(13-19(20)21)23(28)25-10-8-17(9-11-25)12-16-4-2-1-3-5-16/h1-7,13-14,17,24,26H,8-12,15H2. The number of carbonyl (C=O) groups excluding carboxylic acids is 2. The normalized spacial score (nSPS) is 15.1. The van der Waals surface area contributed by atoms with Crippen LogP contribution in [0.5, 0.6) is 0 Å². The van der Waals surface area contributed by atoms with Gasteiger partial charge in [-0.15, -0.1) is 0 Å². The third kappa shape index (κ3) is 3.71. The summed E-state index contributed by atoms with van der Waals surface area (Å²) in [5.41, 5.74) is 3.15. The van der Waals surface area contributed by atoms with Gasteiger partial charge in [0.15, 0.2) is 5.78 Å². The highest BCUT2D eigenvalue weighted by Crippen LogP contribution is 2.25. The number of piperidine rings is 1. The molecule has 1 aliphatic rings. The van der Waals surface area contributed by atoms with Crippen molar-refractivity contribution in [2.24, 2.45) is 5.92 Å². The topological polar surface area (TPSA) is 73.4 Å². The molecule has 2 aromatic carbocycles. The van der Waals surface area contributed by atoms with Crippen LogP contribution < -0.4 is 0 Å². The predicted molar refractivity (Wildman–Crippen MR) is 108 cm³/mol. The Labute approximate surface area is 164 Å². The van der Waals surface area contributed by atoms with Gasteiger partial charge in [0.05, 0.1) is 0 Å². The molecule has 1 amide bonds. The molecule has 3 aromatic rings. The number of benzene rings is 2.